The molecular formula is C15H18N2O3S. The van der Waals surface area contributed by atoms with Crippen LogP contribution in [0, 0.1) is 0 Å². The normalized spacial score (nSPS) is 10.3. The lowest BCUT2D eigenvalue weighted by molar-refractivity contribution is -0.131. The highest BCUT2D eigenvalue weighted by Crippen LogP contribution is 2.12. The van der Waals surface area contributed by atoms with E-state index in [0.29, 0.717) is 19.6 Å². The summed E-state index contributed by atoms with van der Waals surface area (Å²) in [6, 6.07) is 7.23. The number of nitrogens with one attached hydrogen (secondary N) is 1. The molecule has 2 heterocycles. The van der Waals surface area contributed by atoms with Crippen LogP contribution in [-0.4, -0.2) is 29.8 Å². The van der Waals surface area contributed by atoms with Crippen molar-refractivity contribution in [3.05, 3.63) is 46.5 Å². The molecule has 5 nitrogen and oxygen atoms in total. The van der Waals surface area contributed by atoms with Gasteiger partial charge < -0.3 is 14.6 Å². The van der Waals surface area contributed by atoms with Gasteiger partial charge >= 0.3 is 0 Å². The number of carbonyl (C=O) groups is 2. The van der Waals surface area contributed by atoms with Crippen molar-refractivity contribution in [3.8, 4) is 0 Å². The van der Waals surface area contributed by atoms with E-state index in [1.807, 2.05) is 24.4 Å². The molecule has 0 atom stereocenters. The molecule has 6 heteroatoms. The zero-order chi connectivity index (χ0) is 15.1. The minimum Gasteiger partial charge on any atom is -0.459 e. The first-order valence-electron chi connectivity index (χ1n) is 6.82. The molecule has 0 saturated heterocycles. The first kappa shape index (κ1) is 15.3. The summed E-state index contributed by atoms with van der Waals surface area (Å²) in [5, 5.41) is 4.67. The van der Waals surface area contributed by atoms with Crippen LogP contribution in [0.15, 0.2) is 40.3 Å². The average molecular weight is 306 g/mol. The van der Waals surface area contributed by atoms with Gasteiger partial charge in [0, 0.05) is 24.4 Å². The van der Waals surface area contributed by atoms with Crippen LogP contribution >= 0.6 is 11.3 Å². The van der Waals surface area contributed by atoms with Gasteiger partial charge in [0.05, 0.1) is 12.8 Å². The van der Waals surface area contributed by atoms with Crippen molar-refractivity contribution in [1.29, 1.82) is 0 Å². The second-order valence-electron chi connectivity index (χ2n) is 4.47. The molecule has 0 aliphatic heterocycles. The summed E-state index contributed by atoms with van der Waals surface area (Å²) in [4.78, 5) is 26.7. The van der Waals surface area contributed by atoms with Crippen LogP contribution in [0.2, 0.25) is 0 Å². The van der Waals surface area contributed by atoms with Gasteiger partial charge in [0.2, 0.25) is 5.91 Å². The van der Waals surface area contributed by atoms with Crippen LogP contribution in [0.3, 0.4) is 0 Å². The van der Waals surface area contributed by atoms with Gasteiger partial charge in [0.15, 0.2) is 5.76 Å². The number of hydrogen-bond acceptors (Lipinski definition) is 4. The summed E-state index contributed by atoms with van der Waals surface area (Å²) in [6.45, 7) is 3.54. The van der Waals surface area contributed by atoms with Gasteiger partial charge in [-0.1, -0.05) is 6.07 Å². The topological polar surface area (TPSA) is 62.6 Å². The van der Waals surface area contributed by atoms with E-state index in [1.165, 1.54) is 6.26 Å². The summed E-state index contributed by atoms with van der Waals surface area (Å²) in [5.41, 5.74) is 0. The van der Waals surface area contributed by atoms with E-state index in [1.54, 1.807) is 28.4 Å². The lowest BCUT2D eigenvalue weighted by atomic mass is 10.3. The zero-order valence-corrected chi connectivity index (χ0v) is 12.7. The number of furan rings is 1. The fourth-order valence-electron chi connectivity index (χ4n) is 1.90. The molecule has 2 amide bonds. The molecule has 0 radical (unpaired) electrons. The maximum atomic E-state index is 12.1. The molecule has 2 aromatic rings. The van der Waals surface area contributed by atoms with E-state index in [2.05, 4.69) is 5.32 Å². The smallest absolute Gasteiger partial charge is 0.286 e. The van der Waals surface area contributed by atoms with Crippen molar-refractivity contribution in [2.45, 2.75) is 19.9 Å². The number of thiophene rings is 1. The third-order valence-corrected chi connectivity index (χ3v) is 3.89. The minimum atomic E-state index is -0.297. The molecule has 0 aliphatic carbocycles. The van der Waals surface area contributed by atoms with Crippen molar-refractivity contribution >= 4 is 23.2 Å². The first-order valence-corrected chi connectivity index (χ1v) is 7.70. The van der Waals surface area contributed by atoms with Crippen molar-refractivity contribution in [2.24, 2.45) is 0 Å². The monoisotopic (exact) mass is 306 g/mol. The predicted octanol–water partition coefficient (Wildman–Crippen LogP) is 2.51. The number of hydrogen-bond donors (Lipinski definition) is 1. The molecule has 0 fully saturated rings. The maximum absolute atomic E-state index is 12.1. The van der Waals surface area contributed by atoms with Crippen LogP contribution in [0.1, 0.15) is 28.8 Å². The molecule has 0 unspecified atom stereocenters. The van der Waals surface area contributed by atoms with Crippen LogP contribution < -0.4 is 5.32 Å². The Balaban J connectivity index is 1.76. The standard InChI is InChI=1S/C15H18N2O3S/c1-2-17(11-12-5-4-10-21-12)14(18)7-8-16-15(19)13-6-3-9-20-13/h3-6,9-10H,2,7-8,11H2,1H3,(H,16,19). The van der Waals surface area contributed by atoms with Gasteiger partial charge in [0.25, 0.3) is 5.91 Å². The van der Waals surface area contributed by atoms with Crippen molar-refractivity contribution < 1.29 is 14.0 Å². The van der Waals surface area contributed by atoms with Crippen molar-refractivity contribution in [1.82, 2.24) is 10.2 Å². The van der Waals surface area contributed by atoms with Gasteiger partial charge in [-0.15, -0.1) is 11.3 Å². The Hall–Kier alpha value is -2.08. The average Bonchev–Trinajstić information content (AvgIpc) is 3.17. The molecule has 112 valence electrons. The SMILES string of the molecule is CCN(Cc1cccs1)C(=O)CCNC(=O)c1ccco1. The van der Waals surface area contributed by atoms with Crippen LogP contribution in [0.4, 0.5) is 0 Å². The Kier molecular flexibility index (Phi) is 5.57. The highest BCUT2D eigenvalue weighted by atomic mass is 32.1. The minimum absolute atomic E-state index is 0.0330. The third kappa shape index (κ3) is 4.46. The van der Waals surface area contributed by atoms with Gasteiger partial charge in [0.1, 0.15) is 0 Å². The largest absolute Gasteiger partial charge is 0.459 e. The second kappa shape index (κ2) is 7.64. The Morgan fingerprint density at radius 1 is 1.33 bits per heavy atom. The molecule has 2 rings (SSSR count). The van der Waals surface area contributed by atoms with E-state index < -0.39 is 0 Å². The fraction of sp³-hybridized carbons (Fsp3) is 0.333. The maximum Gasteiger partial charge on any atom is 0.286 e. The number of amides is 2. The quantitative estimate of drug-likeness (QED) is 0.855. The van der Waals surface area contributed by atoms with Crippen LogP contribution in [0.25, 0.3) is 0 Å². The number of nitrogens with zero attached hydrogens (tertiary/aromatic N) is 1. The first-order chi connectivity index (χ1) is 10.2. The Labute approximate surface area is 127 Å². The van der Waals surface area contributed by atoms with Gasteiger partial charge in [-0.2, -0.15) is 0 Å². The molecule has 2 aromatic heterocycles. The van der Waals surface area contributed by atoms with E-state index in [9.17, 15) is 9.59 Å². The lowest BCUT2D eigenvalue weighted by Gasteiger charge is -2.20. The van der Waals surface area contributed by atoms with Crippen molar-refractivity contribution in [2.75, 3.05) is 13.1 Å². The summed E-state index contributed by atoms with van der Waals surface area (Å²) >= 11 is 1.64. The molecule has 1 N–H and O–H groups in total. The predicted molar refractivity (Wildman–Crippen MR) is 81.1 cm³/mol. The fourth-order valence-corrected chi connectivity index (χ4v) is 2.62. The molecule has 0 spiro atoms. The Morgan fingerprint density at radius 3 is 2.81 bits per heavy atom. The Bertz CT molecular complexity index is 564. The summed E-state index contributed by atoms with van der Waals surface area (Å²) in [7, 11) is 0. The van der Waals surface area contributed by atoms with E-state index >= 15 is 0 Å². The highest BCUT2D eigenvalue weighted by molar-refractivity contribution is 7.09. The van der Waals surface area contributed by atoms with Crippen molar-refractivity contribution in [3.63, 3.8) is 0 Å². The van der Waals surface area contributed by atoms with E-state index in [-0.39, 0.29) is 24.0 Å². The Morgan fingerprint density at radius 2 is 2.19 bits per heavy atom. The van der Waals surface area contributed by atoms with Crippen LogP contribution in [-0.2, 0) is 11.3 Å². The second-order valence-corrected chi connectivity index (χ2v) is 5.50. The molecular weight excluding hydrogens is 288 g/mol. The number of carbonyl (C=O) groups excluding carboxylic acids is 2. The molecule has 0 saturated carbocycles. The summed E-state index contributed by atoms with van der Waals surface area (Å²) < 4.78 is 4.99. The molecule has 0 aromatic carbocycles. The molecule has 0 aliphatic rings. The van der Waals surface area contributed by atoms with Gasteiger partial charge in [-0.3, -0.25) is 9.59 Å². The molecule has 21 heavy (non-hydrogen) atoms. The number of rotatable bonds is 7. The molecule has 0 bridgehead atoms. The van der Waals surface area contributed by atoms with Gasteiger partial charge in [-0.25, -0.2) is 0 Å². The van der Waals surface area contributed by atoms with Crippen LogP contribution in [0.5, 0.6) is 0 Å². The van der Waals surface area contributed by atoms with E-state index in [4.69, 9.17) is 4.42 Å². The lowest BCUT2D eigenvalue weighted by Crippen LogP contribution is -2.33. The summed E-state index contributed by atoms with van der Waals surface area (Å²) in [5.74, 6) is -0.00636. The summed E-state index contributed by atoms with van der Waals surface area (Å²) in [6.07, 6.45) is 1.73. The van der Waals surface area contributed by atoms with E-state index in [0.717, 1.165) is 4.88 Å². The third-order valence-electron chi connectivity index (χ3n) is 3.03. The highest BCUT2D eigenvalue weighted by Gasteiger charge is 2.14. The van der Waals surface area contributed by atoms with Gasteiger partial charge in [-0.05, 0) is 30.5 Å². The zero-order valence-electron chi connectivity index (χ0n) is 11.9.